The molecule has 0 bridgehead atoms. The third kappa shape index (κ3) is 3.80. The summed E-state index contributed by atoms with van der Waals surface area (Å²) in [5.41, 5.74) is 10.3. The van der Waals surface area contributed by atoms with Gasteiger partial charge in [-0.3, -0.25) is 0 Å². The van der Waals surface area contributed by atoms with E-state index in [9.17, 15) is 0 Å². The molecule has 0 fully saturated rings. The molecule has 2 aliphatic rings. The van der Waals surface area contributed by atoms with Gasteiger partial charge in [-0.2, -0.15) is 0 Å². The highest BCUT2D eigenvalue weighted by Gasteiger charge is 2.36. The van der Waals surface area contributed by atoms with Crippen LogP contribution in [0.1, 0.15) is 31.4 Å². The van der Waals surface area contributed by atoms with Gasteiger partial charge in [-0.25, -0.2) is 0 Å². The van der Waals surface area contributed by atoms with Crippen LogP contribution in [0.5, 0.6) is 0 Å². The predicted molar refractivity (Wildman–Crippen MR) is 202 cm³/mol. The maximum atomic E-state index is 6.70. The van der Waals surface area contributed by atoms with Crippen molar-refractivity contribution in [2.24, 2.45) is 0 Å². The minimum absolute atomic E-state index is 0.115. The average molecular weight is 616 g/mol. The van der Waals surface area contributed by atoms with Gasteiger partial charge in [0.15, 0.2) is 5.58 Å². The highest BCUT2D eigenvalue weighted by Crippen LogP contribution is 2.50. The van der Waals surface area contributed by atoms with Crippen LogP contribution >= 0.6 is 0 Å². The number of para-hydroxylation sites is 2. The van der Waals surface area contributed by atoms with E-state index in [2.05, 4.69) is 164 Å². The smallest absolute Gasteiger partial charge is 0.159 e. The first-order valence-electron chi connectivity index (χ1n) is 16.8. The number of furan rings is 1. The summed E-state index contributed by atoms with van der Waals surface area (Å²) in [4.78, 5) is 2.43. The van der Waals surface area contributed by atoms with Gasteiger partial charge < -0.3 is 9.32 Å². The zero-order chi connectivity index (χ0) is 32.0. The van der Waals surface area contributed by atoms with Crippen LogP contribution in [0.2, 0.25) is 0 Å². The van der Waals surface area contributed by atoms with E-state index in [4.69, 9.17) is 4.42 Å². The van der Waals surface area contributed by atoms with E-state index < -0.39 is 0 Å². The first kappa shape index (κ1) is 27.3. The standard InChI is InChI=1S/C46H33NO/c1-46(2)41-22-9-7-18-36(41)37-26-25-30(28-42(37)46)47(43-23-12-21-39-38-19-8-10-24-44(38)48-45(39)43)29-13-11-20-35-33-16-4-3-14-31(33)32-15-5-6-17-34(32)40(35)27-29/h3-10,12-28H,11H2,1-2H3. The summed E-state index contributed by atoms with van der Waals surface area (Å²) >= 11 is 0. The number of benzene rings is 7. The minimum atomic E-state index is -0.115. The molecule has 7 aromatic carbocycles. The molecule has 10 rings (SSSR count). The van der Waals surface area contributed by atoms with Crippen LogP contribution < -0.4 is 15.3 Å². The Balaban J connectivity index is 1.28. The van der Waals surface area contributed by atoms with Crippen molar-refractivity contribution in [3.63, 3.8) is 0 Å². The fraction of sp³-hybridized carbons (Fsp3) is 0.0870. The van der Waals surface area contributed by atoms with Gasteiger partial charge in [0.1, 0.15) is 5.58 Å². The Labute approximate surface area is 279 Å². The van der Waals surface area contributed by atoms with Crippen molar-refractivity contribution >= 4 is 67.0 Å². The van der Waals surface area contributed by atoms with E-state index >= 15 is 0 Å². The summed E-state index contributed by atoms with van der Waals surface area (Å²) in [5.74, 6) is 0. The molecule has 1 heterocycles. The summed E-state index contributed by atoms with van der Waals surface area (Å²) in [6.07, 6.45) is 7.99. The molecule has 48 heavy (non-hydrogen) atoms. The number of anilines is 2. The lowest BCUT2D eigenvalue weighted by atomic mass is 9.82. The Morgan fingerprint density at radius 3 is 2.00 bits per heavy atom. The van der Waals surface area contributed by atoms with Gasteiger partial charge in [-0.1, -0.05) is 135 Å². The molecule has 1 aromatic heterocycles. The molecule has 0 unspecified atom stereocenters. The molecule has 0 N–H and O–H groups in total. The van der Waals surface area contributed by atoms with Crippen molar-refractivity contribution in [3.8, 4) is 11.1 Å². The molecule has 2 aliphatic carbocycles. The maximum absolute atomic E-state index is 6.70. The molecular formula is C46H33NO. The van der Waals surface area contributed by atoms with Gasteiger partial charge in [0, 0.05) is 27.6 Å². The topological polar surface area (TPSA) is 16.4 Å². The van der Waals surface area contributed by atoms with Crippen LogP contribution in [-0.4, -0.2) is 0 Å². The van der Waals surface area contributed by atoms with Crippen molar-refractivity contribution in [3.05, 3.63) is 167 Å². The normalized spacial score (nSPS) is 14.6. The molecule has 2 heteroatoms. The lowest BCUT2D eigenvalue weighted by Crippen LogP contribution is -2.27. The van der Waals surface area contributed by atoms with Gasteiger partial charge in [-0.15, -0.1) is 0 Å². The zero-order valence-corrected chi connectivity index (χ0v) is 27.0. The van der Waals surface area contributed by atoms with Crippen LogP contribution in [0.15, 0.2) is 150 Å². The summed E-state index contributed by atoms with van der Waals surface area (Å²) in [6, 6.07) is 48.5. The Kier molecular flexibility index (Phi) is 5.72. The van der Waals surface area contributed by atoms with Crippen LogP contribution in [0.3, 0.4) is 0 Å². The van der Waals surface area contributed by atoms with Crippen molar-refractivity contribution < 1.29 is 4.42 Å². The van der Waals surface area contributed by atoms with Crippen molar-refractivity contribution in [2.45, 2.75) is 25.7 Å². The second kappa shape index (κ2) is 10.1. The highest BCUT2D eigenvalue weighted by atomic mass is 16.3. The van der Waals surface area contributed by atoms with Gasteiger partial charge >= 0.3 is 0 Å². The number of allylic oxidation sites excluding steroid dienone is 2. The second-order valence-electron chi connectivity index (χ2n) is 13.6. The Morgan fingerprint density at radius 2 is 1.19 bits per heavy atom. The summed E-state index contributed by atoms with van der Waals surface area (Å²) in [6.45, 7) is 4.70. The maximum Gasteiger partial charge on any atom is 0.159 e. The summed E-state index contributed by atoms with van der Waals surface area (Å²) < 4.78 is 6.70. The van der Waals surface area contributed by atoms with E-state index in [1.807, 2.05) is 6.07 Å². The van der Waals surface area contributed by atoms with E-state index in [0.29, 0.717) is 0 Å². The number of hydrogen-bond donors (Lipinski definition) is 0. The van der Waals surface area contributed by atoms with Gasteiger partial charge in [-0.05, 0) is 91.0 Å². The lowest BCUT2D eigenvalue weighted by Gasteiger charge is -2.29. The van der Waals surface area contributed by atoms with E-state index in [0.717, 1.165) is 45.4 Å². The monoisotopic (exact) mass is 615 g/mol. The number of rotatable bonds is 3. The van der Waals surface area contributed by atoms with E-state index in [1.165, 1.54) is 54.2 Å². The molecule has 0 amide bonds. The van der Waals surface area contributed by atoms with Crippen molar-refractivity contribution in [1.82, 2.24) is 0 Å². The molecule has 2 nitrogen and oxygen atoms in total. The largest absolute Gasteiger partial charge is 0.454 e. The quantitative estimate of drug-likeness (QED) is 0.184. The van der Waals surface area contributed by atoms with Crippen molar-refractivity contribution in [2.75, 3.05) is 4.90 Å². The first-order valence-corrected chi connectivity index (χ1v) is 16.8. The second-order valence-corrected chi connectivity index (χ2v) is 13.6. The Bertz CT molecular complexity index is 2790. The molecule has 228 valence electrons. The van der Waals surface area contributed by atoms with E-state index in [-0.39, 0.29) is 5.41 Å². The summed E-state index contributed by atoms with van der Waals surface area (Å²) in [7, 11) is 0. The van der Waals surface area contributed by atoms with Gasteiger partial charge in [0.25, 0.3) is 0 Å². The molecule has 0 saturated heterocycles. The fourth-order valence-corrected chi connectivity index (χ4v) is 8.40. The predicted octanol–water partition coefficient (Wildman–Crippen LogP) is 10.9. The van der Waals surface area contributed by atoms with Crippen LogP contribution in [-0.2, 0) is 5.41 Å². The first-order chi connectivity index (χ1) is 23.6. The number of nitrogens with zero attached hydrogens (tertiary/aromatic N) is 1. The molecular weight excluding hydrogens is 583 g/mol. The highest BCUT2D eigenvalue weighted by molar-refractivity contribution is 6.11. The van der Waals surface area contributed by atoms with Gasteiger partial charge in [0.2, 0.25) is 0 Å². The van der Waals surface area contributed by atoms with Crippen molar-refractivity contribution in [1.29, 1.82) is 0 Å². The van der Waals surface area contributed by atoms with E-state index in [1.54, 1.807) is 0 Å². The third-order valence-electron chi connectivity index (χ3n) is 10.7. The number of fused-ring (bicyclic) bond motifs is 12. The molecule has 0 atom stereocenters. The minimum Gasteiger partial charge on any atom is -0.454 e. The SMILES string of the molecule is CC1(C)c2ccccc2-c2ccc(N(C3=CCC=c4c(c5ccccc5c5ccccc45)=C3)c3cccc4c3oc3ccccc34)cc21. The third-order valence-corrected chi connectivity index (χ3v) is 10.7. The fourth-order valence-electron chi connectivity index (χ4n) is 8.40. The molecule has 8 aromatic rings. The van der Waals surface area contributed by atoms with Crippen LogP contribution in [0, 0.1) is 0 Å². The Hall–Kier alpha value is -5.86. The molecule has 0 aliphatic heterocycles. The lowest BCUT2D eigenvalue weighted by molar-refractivity contribution is 0.660. The average Bonchev–Trinajstić information content (AvgIpc) is 3.51. The molecule has 0 spiro atoms. The zero-order valence-electron chi connectivity index (χ0n) is 27.0. The van der Waals surface area contributed by atoms with Crippen LogP contribution in [0.25, 0.3) is 66.8 Å². The van der Waals surface area contributed by atoms with Gasteiger partial charge in [0.05, 0.1) is 5.69 Å². The molecule has 0 radical (unpaired) electrons. The number of hydrogen-bond acceptors (Lipinski definition) is 2. The Morgan fingerprint density at radius 1 is 0.542 bits per heavy atom. The summed E-state index contributed by atoms with van der Waals surface area (Å²) in [5, 5.41) is 9.94. The molecule has 0 saturated carbocycles. The van der Waals surface area contributed by atoms with Crippen LogP contribution in [0.4, 0.5) is 11.4 Å².